The van der Waals surface area contributed by atoms with Gasteiger partial charge in [0.15, 0.2) is 17.3 Å². The Morgan fingerprint density at radius 3 is 2.41 bits per heavy atom. The Hall–Kier alpha value is -3.47. The Labute approximate surface area is 187 Å². The van der Waals surface area contributed by atoms with Crippen molar-refractivity contribution in [2.24, 2.45) is 0 Å². The molecule has 32 heavy (non-hydrogen) atoms. The van der Waals surface area contributed by atoms with Crippen LogP contribution in [0.2, 0.25) is 0 Å². The third-order valence-corrected chi connectivity index (χ3v) is 6.53. The number of hydrogen-bond acceptors (Lipinski definition) is 5. The van der Waals surface area contributed by atoms with Gasteiger partial charge in [0.1, 0.15) is 5.78 Å². The molecule has 1 aliphatic carbocycles. The van der Waals surface area contributed by atoms with E-state index in [0.29, 0.717) is 18.6 Å². The van der Waals surface area contributed by atoms with E-state index in [-0.39, 0.29) is 18.4 Å². The van der Waals surface area contributed by atoms with E-state index in [0.717, 1.165) is 52.2 Å². The number of carbonyl (C=O) groups excluding carboxylic acids is 2. The van der Waals surface area contributed by atoms with Gasteiger partial charge in [0.05, 0.1) is 5.41 Å². The lowest BCUT2D eigenvalue weighted by molar-refractivity contribution is -0.120. The van der Waals surface area contributed by atoms with Crippen LogP contribution in [0.15, 0.2) is 54.6 Å². The second kappa shape index (κ2) is 7.90. The number of benzene rings is 2. The minimum atomic E-state index is -0.434. The van der Waals surface area contributed by atoms with Gasteiger partial charge in [-0.2, -0.15) is 0 Å². The van der Waals surface area contributed by atoms with Crippen LogP contribution < -0.4 is 9.47 Å². The fourth-order valence-corrected chi connectivity index (χ4v) is 4.44. The van der Waals surface area contributed by atoms with E-state index in [1.807, 2.05) is 68.4 Å². The molecule has 1 fully saturated rings. The Morgan fingerprint density at radius 2 is 1.72 bits per heavy atom. The monoisotopic (exact) mass is 427 g/mol. The van der Waals surface area contributed by atoms with Crippen LogP contribution in [-0.2, 0) is 16.6 Å². The van der Waals surface area contributed by atoms with E-state index in [9.17, 15) is 9.59 Å². The lowest BCUT2D eigenvalue weighted by Crippen LogP contribution is -2.23. The predicted molar refractivity (Wildman–Crippen MR) is 121 cm³/mol. The zero-order valence-electron chi connectivity index (χ0n) is 18.3. The molecule has 2 heterocycles. The number of nitrogens with zero attached hydrogens (tertiary/aromatic N) is 1. The number of rotatable bonds is 7. The van der Waals surface area contributed by atoms with Crippen LogP contribution in [0.1, 0.15) is 53.5 Å². The number of ether oxygens (including phenoxy) is 2. The Kier molecular flexibility index (Phi) is 5.04. The number of hydrogen-bond donors (Lipinski definition) is 0. The van der Waals surface area contributed by atoms with E-state index < -0.39 is 5.41 Å². The molecular formula is C27H25NO4. The molecule has 0 spiro atoms. The first-order valence-electron chi connectivity index (χ1n) is 11.0. The first-order chi connectivity index (χ1) is 15.5. The van der Waals surface area contributed by atoms with Gasteiger partial charge < -0.3 is 9.47 Å². The van der Waals surface area contributed by atoms with E-state index in [1.54, 1.807) is 0 Å². The van der Waals surface area contributed by atoms with Crippen molar-refractivity contribution < 1.29 is 19.1 Å². The molecule has 3 aromatic rings. The average molecular weight is 428 g/mol. The Bertz CT molecular complexity index is 1210. The molecule has 0 atom stereocenters. The van der Waals surface area contributed by atoms with E-state index in [1.165, 1.54) is 0 Å². The molecule has 0 saturated heterocycles. The van der Waals surface area contributed by atoms with Crippen LogP contribution in [0.5, 0.6) is 11.5 Å². The first-order valence-corrected chi connectivity index (χ1v) is 11.0. The van der Waals surface area contributed by atoms with Crippen molar-refractivity contribution in [3.8, 4) is 22.6 Å². The molecule has 2 aromatic carbocycles. The number of carbonyl (C=O) groups is 2. The first kappa shape index (κ1) is 20.4. The summed E-state index contributed by atoms with van der Waals surface area (Å²) < 4.78 is 10.9. The molecule has 1 aliphatic heterocycles. The number of ketones is 2. The lowest BCUT2D eigenvalue weighted by Gasteiger charge is -2.15. The molecule has 5 rings (SSSR count). The summed E-state index contributed by atoms with van der Waals surface area (Å²) in [7, 11) is 0. The third kappa shape index (κ3) is 3.58. The van der Waals surface area contributed by atoms with Crippen molar-refractivity contribution in [3.05, 3.63) is 77.1 Å². The zero-order valence-corrected chi connectivity index (χ0v) is 18.3. The van der Waals surface area contributed by atoms with Crippen LogP contribution in [0, 0.1) is 6.92 Å². The smallest absolute Gasteiger partial charge is 0.231 e. The van der Waals surface area contributed by atoms with Crippen molar-refractivity contribution in [1.29, 1.82) is 0 Å². The topological polar surface area (TPSA) is 65.5 Å². The molecule has 5 nitrogen and oxygen atoms in total. The summed E-state index contributed by atoms with van der Waals surface area (Å²) in [5.41, 5.74) is 4.97. The van der Waals surface area contributed by atoms with E-state index in [2.05, 4.69) is 0 Å². The summed E-state index contributed by atoms with van der Waals surface area (Å²) in [6.07, 6.45) is 2.51. The predicted octanol–water partition coefficient (Wildman–Crippen LogP) is 5.22. The minimum absolute atomic E-state index is 0.136. The summed E-state index contributed by atoms with van der Waals surface area (Å²) >= 11 is 0. The van der Waals surface area contributed by atoms with Gasteiger partial charge in [0, 0.05) is 35.4 Å². The van der Waals surface area contributed by atoms with E-state index in [4.69, 9.17) is 14.5 Å². The molecule has 1 aromatic heterocycles. The molecule has 0 unspecified atom stereocenters. The van der Waals surface area contributed by atoms with Gasteiger partial charge in [0.2, 0.25) is 6.79 Å². The number of aryl methyl sites for hydroxylation is 1. The third-order valence-electron chi connectivity index (χ3n) is 6.53. The highest BCUT2D eigenvalue weighted by Gasteiger charge is 2.51. The molecule has 1 saturated carbocycles. The summed E-state index contributed by atoms with van der Waals surface area (Å²) in [4.78, 5) is 29.8. The maximum absolute atomic E-state index is 13.2. The summed E-state index contributed by atoms with van der Waals surface area (Å²) in [6.45, 7) is 4.05. The zero-order chi connectivity index (χ0) is 22.3. The molecule has 0 amide bonds. The van der Waals surface area contributed by atoms with Crippen LogP contribution in [0.3, 0.4) is 0 Å². The standard InChI is InChI=1S/C27H25NO4/c1-3-23(29)19-6-4-18(5-7-19)22-10-9-21(28-17(22)2)15-26(30)27(12-13-27)20-8-11-24-25(14-20)32-16-31-24/h4-11,14H,3,12-13,15-16H2,1-2H3. The van der Waals surface area contributed by atoms with E-state index >= 15 is 0 Å². The molecule has 2 aliphatic rings. The van der Waals surface area contributed by atoms with Gasteiger partial charge in [-0.1, -0.05) is 43.3 Å². The number of fused-ring (bicyclic) bond motifs is 1. The van der Waals surface area contributed by atoms with Gasteiger partial charge in [-0.25, -0.2) is 0 Å². The van der Waals surface area contributed by atoms with Gasteiger partial charge in [-0.15, -0.1) is 0 Å². The number of Topliss-reactive ketones (excluding diaryl/α,β-unsaturated/α-hetero) is 2. The highest BCUT2D eigenvalue weighted by Crippen LogP contribution is 2.51. The molecule has 162 valence electrons. The highest BCUT2D eigenvalue weighted by atomic mass is 16.7. The maximum Gasteiger partial charge on any atom is 0.231 e. The second-order valence-corrected chi connectivity index (χ2v) is 8.54. The second-order valence-electron chi connectivity index (χ2n) is 8.54. The Morgan fingerprint density at radius 1 is 0.969 bits per heavy atom. The molecule has 0 radical (unpaired) electrons. The summed E-state index contributed by atoms with van der Waals surface area (Å²) in [5.74, 6) is 1.78. The summed E-state index contributed by atoms with van der Waals surface area (Å²) in [5, 5.41) is 0. The normalized spacial score (nSPS) is 15.4. The lowest BCUT2D eigenvalue weighted by atomic mass is 9.88. The highest BCUT2D eigenvalue weighted by molar-refractivity contribution is 5.96. The van der Waals surface area contributed by atoms with Crippen molar-refractivity contribution in [1.82, 2.24) is 4.98 Å². The fourth-order valence-electron chi connectivity index (χ4n) is 4.44. The van der Waals surface area contributed by atoms with Gasteiger partial charge in [0.25, 0.3) is 0 Å². The average Bonchev–Trinajstić information content (AvgIpc) is 3.49. The number of pyridine rings is 1. The van der Waals surface area contributed by atoms with Gasteiger partial charge >= 0.3 is 0 Å². The van der Waals surface area contributed by atoms with Crippen LogP contribution in [0.4, 0.5) is 0 Å². The number of aromatic nitrogens is 1. The van der Waals surface area contributed by atoms with Crippen LogP contribution in [-0.4, -0.2) is 23.3 Å². The maximum atomic E-state index is 13.2. The van der Waals surface area contributed by atoms with Crippen LogP contribution >= 0.6 is 0 Å². The van der Waals surface area contributed by atoms with Crippen LogP contribution in [0.25, 0.3) is 11.1 Å². The summed E-state index contributed by atoms with van der Waals surface area (Å²) in [6, 6.07) is 17.4. The Balaban J connectivity index is 1.33. The largest absolute Gasteiger partial charge is 0.454 e. The quantitative estimate of drug-likeness (QED) is 0.484. The van der Waals surface area contributed by atoms with Crippen molar-refractivity contribution in [2.45, 2.75) is 44.9 Å². The fraction of sp³-hybridized carbons (Fsp3) is 0.296. The van der Waals surface area contributed by atoms with Gasteiger partial charge in [-0.3, -0.25) is 14.6 Å². The SMILES string of the molecule is CCC(=O)c1ccc(-c2ccc(CC(=O)C3(c4ccc5c(c4)OCO5)CC3)nc2C)cc1. The minimum Gasteiger partial charge on any atom is -0.454 e. The molecule has 5 heteroatoms. The molecule has 0 N–H and O–H groups in total. The van der Waals surface area contributed by atoms with Gasteiger partial charge in [-0.05, 0) is 49.1 Å². The molecular weight excluding hydrogens is 402 g/mol. The van der Waals surface area contributed by atoms with Crippen molar-refractivity contribution >= 4 is 11.6 Å². The van der Waals surface area contributed by atoms with Crippen molar-refractivity contribution in [2.75, 3.05) is 6.79 Å². The van der Waals surface area contributed by atoms with Crippen molar-refractivity contribution in [3.63, 3.8) is 0 Å². The molecule has 0 bridgehead atoms.